The van der Waals surface area contributed by atoms with Crippen molar-refractivity contribution in [2.24, 2.45) is 0 Å². The molecule has 2 aromatic carbocycles. The second-order valence-electron chi connectivity index (χ2n) is 6.19. The number of rotatable bonds is 4. The van der Waals surface area contributed by atoms with Crippen molar-refractivity contribution in [2.45, 2.75) is 19.9 Å². The van der Waals surface area contributed by atoms with Crippen molar-refractivity contribution in [2.75, 3.05) is 5.32 Å². The molecule has 27 heavy (non-hydrogen) atoms. The number of aryl methyl sites for hydroxylation is 1. The summed E-state index contributed by atoms with van der Waals surface area (Å²) in [5.74, 6) is -2.33. The van der Waals surface area contributed by atoms with E-state index < -0.39 is 17.6 Å². The summed E-state index contributed by atoms with van der Waals surface area (Å²) in [6.07, 6.45) is 5.20. The molecule has 0 aliphatic rings. The molecule has 1 heterocycles. The second-order valence-corrected chi connectivity index (χ2v) is 6.19. The normalized spacial score (nSPS) is 11.7. The minimum atomic E-state index is -0.917. The molecule has 0 bridgehead atoms. The molecule has 1 aromatic heterocycles. The number of carbonyl (C=O) groups is 2. The van der Waals surface area contributed by atoms with Crippen LogP contribution in [0.3, 0.4) is 0 Å². The van der Waals surface area contributed by atoms with E-state index in [4.69, 9.17) is 0 Å². The smallest absolute Gasteiger partial charge is 0.313 e. The first-order chi connectivity index (χ1) is 12.9. The van der Waals surface area contributed by atoms with Crippen LogP contribution >= 0.6 is 0 Å². The molecule has 1 atom stereocenters. The fourth-order valence-corrected chi connectivity index (χ4v) is 2.59. The van der Waals surface area contributed by atoms with E-state index in [0.717, 1.165) is 16.8 Å². The lowest BCUT2D eigenvalue weighted by molar-refractivity contribution is -0.136. The molecule has 0 unspecified atom stereocenters. The first-order valence-corrected chi connectivity index (χ1v) is 8.40. The van der Waals surface area contributed by atoms with E-state index in [-0.39, 0.29) is 11.7 Å². The Kier molecular flexibility index (Phi) is 5.30. The van der Waals surface area contributed by atoms with Gasteiger partial charge in [-0.25, -0.2) is 9.37 Å². The predicted octanol–water partition coefficient (Wildman–Crippen LogP) is 3.14. The number of nitrogens with one attached hydrogen (secondary N) is 2. The van der Waals surface area contributed by atoms with Gasteiger partial charge in [0.15, 0.2) is 0 Å². The van der Waals surface area contributed by atoms with Gasteiger partial charge in [0.05, 0.1) is 18.1 Å². The molecule has 0 radical (unpaired) electrons. The number of amides is 2. The van der Waals surface area contributed by atoms with Crippen LogP contribution in [-0.2, 0) is 9.59 Å². The van der Waals surface area contributed by atoms with E-state index in [1.165, 1.54) is 12.1 Å². The van der Waals surface area contributed by atoms with Gasteiger partial charge in [-0.05, 0) is 49.2 Å². The average molecular weight is 366 g/mol. The standard InChI is InChI=1S/C20H19FN4O2/c1-13-3-8-18(17(21)11-13)24-20(27)19(26)23-14(2)15-4-6-16(7-5-15)25-10-9-22-12-25/h3-12,14H,1-2H3,(H,23,26)(H,24,27)/t14-/m1/s1. The average Bonchev–Trinajstić information content (AvgIpc) is 3.18. The molecule has 2 amide bonds. The lowest BCUT2D eigenvalue weighted by atomic mass is 10.1. The first-order valence-electron chi connectivity index (χ1n) is 8.40. The molecule has 0 spiro atoms. The minimum Gasteiger partial charge on any atom is -0.341 e. The number of halogens is 1. The van der Waals surface area contributed by atoms with Crippen LogP contribution in [0.4, 0.5) is 10.1 Å². The van der Waals surface area contributed by atoms with Crippen molar-refractivity contribution < 1.29 is 14.0 Å². The Morgan fingerprint density at radius 1 is 1.11 bits per heavy atom. The maximum atomic E-state index is 13.8. The van der Waals surface area contributed by atoms with E-state index in [1.54, 1.807) is 32.4 Å². The van der Waals surface area contributed by atoms with Crippen molar-refractivity contribution >= 4 is 17.5 Å². The number of imidazole rings is 1. The van der Waals surface area contributed by atoms with Crippen molar-refractivity contribution in [3.8, 4) is 5.69 Å². The van der Waals surface area contributed by atoms with E-state index in [9.17, 15) is 14.0 Å². The molecular formula is C20H19FN4O2. The molecule has 0 aliphatic carbocycles. The van der Waals surface area contributed by atoms with Gasteiger partial charge >= 0.3 is 11.8 Å². The van der Waals surface area contributed by atoms with Crippen LogP contribution < -0.4 is 10.6 Å². The van der Waals surface area contributed by atoms with Crippen molar-refractivity contribution in [1.82, 2.24) is 14.9 Å². The quantitative estimate of drug-likeness (QED) is 0.697. The van der Waals surface area contributed by atoms with Gasteiger partial charge in [-0.2, -0.15) is 0 Å². The Labute approximate surface area is 156 Å². The number of aromatic nitrogens is 2. The van der Waals surface area contributed by atoms with Crippen LogP contribution in [0.5, 0.6) is 0 Å². The number of hydrogen-bond donors (Lipinski definition) is 2. The maximum absolute atomic E-state index is 13.8. The summed E-state index contributed by atoms with van der Waals surface area (Å²) < 4.78 is 15.7. The van der Waals surface area contributed by atoms with Crippen molar-refractivity contribution in [1.29, 1.82) is 0 Å². The van der Waals surface area contributed by atoms with Gasteiger partial charge in [-0.15, -0.1) is 0 Å². The van der Waals surface area contributed by atoms with Crippen molar-refractivity contribution in [3.05, 3.63) is 78.1 Å². The topological polar surface area (TPSA) is 76.0 Å². The Morgan fingerprint density at radius 3 is 2.48 bits per heavy atom. The van der Waals surface area contributed by atoms with Crippen LogP contribution in [0.1, 0.15) is 24.1 Å². The zero-order chi connectivity index (χ0) is 19.4. The molecule has 0 aliphatic heterocycles. The Balaban J connectivity index is 1.62. The van der Waals surface area contributed by atoms with Crippen LogP contribution in [0, 0.1) is 12.7 Å². The molecule has 0 fully saturated rings. The number of carbonyl (C=O) groups excluding carboxylic acids is 2. The highest BCUT2D eigenvalue weighted by molar-refractivity contribution is 6.39. The third kappa shape index (κ3) is 4.38. The fraction of sp³-hybridized carbons (Fsp3) is 0.150. The van der Waals surface area contributed by atoms with Crippen LogP contribution in [0.15, 0.2) is 61.2 Å². The van der Waals surface area contributed by atoms with Gasteiger partial charge in [-0.3, -0.25) is 9.59 Å². The third-order valence-corrected chi connectivity index (χ3v) is 4.12. The Morgan fingerprint density at radius 2 is 1.85 bits per heavy atom. The van der Waals surface area contributed by atoms with Gasteiger partial charge in [0.1, 0.15) is 5.82 Å². The Hall–Kier alpha value is -3.48. The number of anilines is 1. The molecule has 3 rings (SSSR count). The summed E-state index contributed by atoms with van der Waals surface area (Å²) in [7, 11) is 0. The van der Waals surface area contributed by atoms with Gasteiger partial charge in [0.25, 0.3) is 0 Å². The molecule has 0 saturated carbocycles. The third-order valence-electron chi connectivity index (χ3n) is 4.12. The molecular weight excluding hydrogens is 347 g/mol. The van der Waals surface area contributed by atoms with Crippen molar-refractivity contribution in [3.63, 3.8) is 0 Å². The molecule has 3 aromatic rings. The largest absolute Gasteiger partial charge is 0.341 e. The summed E-state index contributed by atoms with van der Waals surface area (Å²) >= 11 is 0. The zero-order valence-corrected chi connectivity index (χ0v) is 14.9. The van der Waals surface area contributed by atoms with Crippen LogP contribution in [0.25, 0.3) is 5.69 Å². The van der Waals surface area contributed by atoms with E-state index in [2.05, 4.69) is 15.6 Å². The molecule has 6 nitrogen and oxygen atoms in total. The molecule has 2 N–H and O–H groups in total. The SMILES string of the molecule is Cc1ccc(NC(=O)C(=O)N[C@H](C)c2ccc(-n3ccnc3)cc2)c(F)c1. The fourth-order valence-electron chi connectivity index (χ4n) is 2.59. The van der Waals surface area contributed by atoms with E-state index in [1.807, 2.05) is 35.0 Å². The van der Waals surface area contributed by atoms with Gasteiger partial charge in [-0.1, -0.05) is 18.2 Å². The highest BCUT2D eigenvalue weighted by Gasteiger charge is 2.18. The minimum absolute atomic E-state index is 0.0295. The van der Waals surface area contributed by atoms with Gasteiger partial charge in [0, 0.05) is 18.1 Å². The van der Waals surface area contributed by atoms with Crippen LogP contribution in [-0.4, -0.2) is 21.4 Å². The van der Waals surface area contributed by atoms with Gasteiger partial charge in [0.2, 0.25) is 0 Å². The summed E-state index contributed by atoms with van der Waals surface area (Å²) in [5.41, 5.74) is 2.46. The summed E-state index contributed by atoms with van der Waals surface area (Å²) in [6.45, 7) is 3.50. The molecule has 138 valence electrons. The maximum Gasteiger partial charge on any atom is 0.313 e. The lowest BCUT2D eigenvalue weighted by Crippen LogP contribution is -2.37. The molecule has 7 heteroatoms. The Bertz CT molecular complexity index is 953. The summed E-state index contributed by atoms with van der Waals surface area (Å²) in [4.78, 5) is 28.1. The van der Waals surface area contributed by atoms with Gasteiger partial charge < -0.3 is 15.2 Å². The number of benzene rings is 2. The molecule has 0 saturated heterocycles. The summed E-state index contributed by atoms with van der Waals surface area (Å²) in [5, 5.41) is 4.89. The highest BCUT2D eigenvalue weighted by atomic mass is 19.1. The van der Waals surface area contributed by atoms with E-state index in [0.29, 0.717) is 0 Å². The summed E-state index contributed by atoms with van der Waals surface area (Å²) in [6, 6.07) is 11.5. The predicted molar refractivity (Wildman–Crippen MR) is 99.9 cm³/mol. The second kappa shape index (κ2) is 7.82. The van der Waals surface area contributed by atoms with Crippen LogP contribution in [0.2, 0.25) is 0 Å². The van der Waals surface area contributed by atoms with E-state index >= 15 is 0 Å². The monoisotopic (exact) mass is 366 g/mol. The first kappa shape index (κ1) is 18.3. The lowest BCUT2D eigenvalue weighted by Gasteiger charge is -2.15. The number of hydrogen-bond acceptors (Lipinski definition) is 3. The number of nitrogens with zero attached hydrogens (tertiary/aromatic N) is 2. The highest BCUT2D eigenvalue weighted by Crippen LogP contribution is 2.17. The zero-order valence-electron chi connectivity index (χ0n) is 14.9.